The van der Waals surface area contributed by atoms with Crippen LogP contribution < -0.4 is 0 Å². The number of aryl methyl sites for hydroxylation is 1. The summed E-state index contributed by atoms with van der Waals surface area (Å²) in [6.07, 6.45) is -20.4. The number of hydrogen-bond donors (Lipinski definition) is 0. The highest BCUT2D eigenvalue weighted by Crippen LogP contribution is 2.62. The summed E-state index contributed by atoms with van der Waals surface area (Å²) in [5, 5.41) is 0. The summed E-state index contributed by atoms with van der Waals surface area (Å²) in [6, 6.07) is 2.74. The number of carbonyl (C=O) groups is 1. The quantitative estimate of drug-likeness (QED) is 0.279. The van der Waals surface area contributed by atoms with Gasteiger partial charge < -0.3 is 4.90 Å². The van der Waals surface area contributed by atoms with Crippen LogP contribution in [0.4, 0.5) is 48.3 Å². The number of sulfone groups is 1. The molecule has 0 radical (unpaired) electrons. The minimum Gasteiger partial charge on any atom is -0.337 e. The van der Waals surface area contributed by atoms with Crippen molar-refractivity contribution in [1.82, 2.24) is 4.90 Å². The van der Waals surface area contributed by atoms with E-state index in [1.54, 1.807) is 0 Å². The molecule has 0 aromatic heterocycles. The molecule has 0 N–H and O–H groups in total. The molecule has 1 saturated heterocycles. The molecule has 3 aliphatic rings. The van der Waals surface area contributed by atoms with Crippen LogP contribution in [0.3, 0.4) is 0 Å². The van der Waals surface area contributed by atoms with Gasteiger partial charge >= 0.3 is 24.2 Å². The fourth-order valence-corrected chi connectivity index (χ4v) is 8.68. The molecule has 2 fully saturated rings. The third kappa shape index (κ3) is 3.99. The van der Waals surface area contributed by atoms with E-state index in [2.05, 4.69) is 0 Å². The highest BCUT2D eigenvalue weighted by Gasteiger charge is 2.74. The maximum absolute atomic E-state index is 14.9. The van der Waals surface area contributed by atoms with E-state index in [9.17, 15) is 61.5 Å². The Morgan fingerprint density at radius 3 is 1.90 bits per heavy atom. The second-order valence-electron chi connectivity index (χ2n) is 10.8. The average molecular weight is 635 g/mol. The number of hydrogen-bond acceptors (Lipinski definition) is 3. The zero-order valence-corrected chi connectivity index (χ0v) is 21.9. The van der Waals surface area contributed by atoms with Crippen LogP contribution in [0, 0.1) is 11.2 Å². The van der Waals surface area contributed by atoms with Crippen LogP contribution in [0.15, 0.2) is 47.4 Å². The van der Waals surface area contributed by atoms with Gasteiger partial charge in [0.25, 0.3) is 0 Å². The van der Waals surface area contributed by atoms with Crippen LogP contribution in [0.5, 0.6) is 0 Å². The summed E-state index contributed by atoms with van der Waals surface area (Å²) in [5.74, 6) is -2.23. The van der Waals surface area contributed by atoms with E-state index in [0.29, 0.717) is 6.07 Å². The third-order valence-electron chi connectivity index (χ3n) is 8.63. The molecule has 1 saturated carbocycles. The van der Waals surface area contributed by atoms with Crippen molar-refractivity contribution in [3.8, 4) is 0 Å². The van der Waals surface area contributed by atoms with Gasteiger partial charge in [-0.25, -0.2) is 17.2 Å². The number of amides is 1. The van der Waals surface area contributed by atoms with Crippen molar-refractivity contribution < 1.29 is 61.5 Å². The van der Waals surface area contributed by atoms with Crippen molar-refractivity contribution >= 4 is 15.7 Å². The number of benzene rings is 2. The summed E-state index contributed by atoms with van der Waals surface area (Å²) in [6.45, 7) is -0.527. The van der Waals surface area contributed by atoms with Gasteiger partial charge in [-0.1, -0.05) is 18.2 Å². The predicted molar refractivity (Wildman–Crippen MR) is 123 cm³/mol. The molecule has 0 spiro atoms. The highest BCUT2D eigenvalue weighted by atomic mass is 32.2. The minimum atomic E-state index is -6.44. The average Bonchev–Trinajstić information content (AvgIpc) is 3.61. The maximum Gasteiger partial charge on any atom is 0.435 e. The molecule has 1 aliphatic heterocycles. The van der Waals surface area contributed by atoms with E-state index in [4.69, 9.17) is 0 Å². The monoisotopic (exact) mass is 635 g/mol. The topological polar surface area (TPSA) is 54.5 Å². The summed E-state index contributed by atoms with van der Waals surface area (Å²) >= 11 is 0. The van der Waals surface area contributed by atoms with Crippen molar-refractivity contribution in [1.29, 1.82) is 0 Å². The number of carbonyl (C=O) groups excluding carboxylic acids is 1. The largest absolute Gasteiger partial charge is 0.435 e. The first-order valence-corrected chi connectivity index (χ1v) is 14.0. The fraction of sp³-hybridized carbons (Fsp3) is 0.500. The van der Waals surface area contributed by atoms with E-state index in [-0.39, 0.29) is 17.7 Å². The lowest BCUT2D eigenvalue weighted by Gasteiger charge is -2.43. The van der Waals surface area contributed by atoms with Gasteiger partial charge in [0.2, 0.25) is 5.91 Å². The number of rotatable bonds is 4. The first-order valence-electron chi connectivity index (χ1n) is 12.5. The number of alkyl halides is 10. The molecule has 16 heteroatoms. The lowest BCUT2D eigenvalue weighted by molar-refractivity contribution is -0.348. The molecule has 2 aromatic rings. The number of fused-ring (bicyclic) bond motifs is 3. The van der Waals surface area contributed by atoms with Crippen molar-refractivity contribution in [2.24, 2.45) is 5.41 Å². The molecular weight excluding hydrogens is 615 g/mol. The van der Waals surface area contributed by atoms with Crippen LogP contribution in [0.1, 0.15) is 42.4 Å². The molecule has 1 amide bonds. The zero-order valence-electron chi connectivity index (χ0n) is 21.1. The maximum atomic E-state index is 14.9. The summed E-state index contributed by atoms with van der Waals surface area (Å²) in [5.41, 5.74) is -11.2. The summed E-state index contributed by atoms with van der Waals surface area (Å²) in [4.78, 5) is 13.5. The number of likely N-dealkylation sites (tertiary alicyclic amines) is 1. The number of nitrogens with zero attached hydrogens (tertiary/aromatic N) is 1. The molecule has 2 aliphatic carbocycles. The SMILES string of the molecule is O=C(N1CC[C@@]2(S(=O)(=O)c3ccc(F)cc3)c3ccc(C(F)(C(F)(F)F)C(F)(F)F)cc3CC[C@@H]12)C1(C(F)(F)F)CC1. The molecule has 1 heterocycles. The third-order valence-corrected chi connectivity index (χ3v) is 11.2. The Balaban J connectivity index is 1.70. The van der Waals surface area contributed by atoms with Crippen molar-refractivity contribution in [3.63, 3.8) is 0 Å². The molecule has 5 rings (SSSR count). The van der Waals surface area contributed by atoms with Gasteiger partial charge in [-0.2, -0.15) is 39.5 Å². The molecule has 42 heavy (non-hydrogen) atoms. The lowest BCUT2D eigenvalue weighted by atomic mass is 9.76. The van der Waals surface area contributed by atoms with Gasteiger partial charge in [0, 0.05) is 12.1 Å². The molecule has 0 bridgehead atoms. The first-order chi connectivity index (χ1) is 19.1. The second kappa shape index (κ2) is 9.05. The van der Waals surface area contributed by atoms with Crippen LogP contribution in [0.2, 0.25) is 0 Å². The Morgan fingerprint density at radius 1 is 0.833 bits per heavy atom. The van der Waals surface area contributed by atoms with E-state index in [1.807, 2.05) is 0 Å². The van der Waals surface area contributed by atoms with Crippen molar-refractivity contribution in [3.05, 3.63) is 65.0 Å². The standard InChI is InChI=1S/C26H20F11NO3S/c27-16-3-5-17(6-4-16)42(40,41)22-11-12-38(20(39)21(9-10-21)24(29,30)31)19(22)8-1-14-13-15(2-7-18(14)22)23(28,25(32,33)34)26(35,36)37/h2-7,13,19H,1,8-12H2/t19-,22-/m1/s1. The summed E-state index contributed by atoms with van der Waals surface area (Å²) < 4.78 is 177. The Kier molecular flexibility index (Phi) is 6.58. The Labute approximate surface area is 231 Å². The molecule has 0 unspecified atom stereocenters. The first kappa shape index (κ1) is 30.5. The van der Waals surface area contributed by atoms with Gasteiger partial charge in [0.15, 0.2) is 9.84 Å². The van der Waals surface area contributed by atoms with Crippen LogP contribution in [-0.4, -0.2) is 50.3 Å². The van der Waals surface area contributed by atoms with Gasteiger partial charge in [-0.15, -0.1) is 0 Å². The Bertz CT molecular complexity index is 1510. The van der Waals surface area contributed by atoms with Gasteiger partial charge in [-0.05, 0) is 67.5 Å². The van der Waals surface area contributed by atoms with Gasteiger partial charge in [0.05, 0.1) is 10.9 Å². The molecule has 4 nitrogen and oxygen atoms in total. The van der Waals surface area contributed by atoms with E-state index < -0.39 is 117 Å². The molecule has 2 atom stereocenters. The van der Waals surface area contributed by atoms with Crippen molar-refractivity contribution in [2.45, 2.75) is 72.0 Å². The number of halogens is 11. The van der Waals surface area contributed by atoms with Crippen LogP contribution in [0.25, 0.3) is 0 Å². The van der Waals surface area contributed by atoms with Crippen molar-refractivity contribution in [2.75, 3.05) is 6.54 Å². The Morgan fingerprint density at radius 2 is 1.40 bits per heavy atom. The lowest BCUT2D eigenvalue weighted by Crippen LogP contribution is -2.55. The molecular formula is C26H20F11NO3S. The summed E-state index contributed by atoms with van der Waals surface area (Å²) in [7, 11) is -4.80. The normalized spacial score (nSPS) is 24.3. The molecule has 230 valence electrons. The van der Waals surface area contributed by atoms with Gasteiger partial charge in [0.1, 0.15) is 16.0 Å². The predicted octanol–water partition coefficient (Wildman–Crippen LogP) is 6.67. The van der Waals surface area contributed by atoms with E-state index in [1.165, 1.54) is 0 Å². The van der Waals surface area contributed by atoms with Crippen LogP contribution >= 0.6 is 0 Å². The van der Waals surface area contributed by atoms with E-state index in [0.717, 1.165) is 29.2 Å². The van der Waals surface area contributed by atoms with Gasteiger partial charge in [-0.3, -0.25) is 4.79 Å². The highest BCUT2D eigenvalue weighted by molar-refractivity contribution is 7.92. The zero-order chi connectivity index (χ0) is 31.3. The second-order valence-corrected chi connectivity index (χ2v) is 13.0. The van der Waals surface area contributed by atoms with Crippen LogP contribution in [-0.2, 0) is 31.5 Å². The fourth-order valence-electron chi connectivity index (χ4n) is 6.32. The minimum absolute atomic E-state index is 0.146. The van der Waals surface area contributed by atoms with E-state index >= 15 is 0 Å². The molecule has 2 aromatic carbocycles. The Hall–Kier alpha value is -2.91. The smallest absolute Gasteiger partial charge is 0.337 e.